The molecule has 0 spiro atoms. The van der Waals surface area contributed by atoms with Crippen molar-refractivity contribution in [1.29, 1.82) is 0 Å². The molecule has 0 aliphatic carbocycles. The Morgan fingerprint density at radius 2 is 1.50 bits per heavy atom. The Morgan fingerprint density at radius 3 is 2.18 bits per heavy atom. The molecule has 0 unspecified atom stereocenters. The van der Waals surface area contributed by atoms with E-state index in [2.05, 4.69) is 9.97 Å². The summed E-state index contributed by atoms with van der Waals surface area (Å²) in [5, 5.41) is 1.02. The van der Waals surface area contributed by atoms with E-state index in [9.17, 15) is 4.79 Å². The average molecular weight is 528 g/mol. The van der Waals surface area contributed by atoms with Crippen molar-refractivity contribution in [3.8, 4) is 23.1 Å². The zero-order chi connectivity index (χ0) is 26.0. The van der Waals surface area contributed by atoms with Gasteiger partial charge >= 0.3 is 6.09 Å². The van der Waals surface area contributed by atoms with Gasteiger partial charge in [0.15, 0.2) is 0 Å². The molecule has 0 radical (unpaired) electrons. The fourth-order valence-electron chi connectivity index (χ4n) is 4.06. The SMILES string of the molecule is O=C(Oc1ccc(CCSc2ccccn2)cc1)N1CCC(Oc2ccc(Oc3ccccn3)cc2)CC1. The van der Waals surface area contributed by atoms with Crippen molar-refractivity contribution in [2.24, 2.45) is 0 Å². The molecule has 2 aromatic heterocycles. The number of pyridine rings is 2. The summed E-state index contributed by atoms with van der Waals surface area (Å²) in [6.07, 6.45) is 5.63. The number of likely N-dealkylation sites (tertiary alicyclic amines) is 1. The van der Waals surface area contributed by atoms with E-state index in [4.69, 9.17) is 14.2 Å². The highest BCUT2D eigenvalue weighted by molar-refractivity contribution is 7.99. The second kappa shape index (κ2) is 13.0. The molecule has 0 bridgehead atoms. The van der Waals surface area contributed by atoms with Gasteiger partial charge < -0.3 is 19.1 Å². The normalized spacial score (nSPS) is 13.6. The van der Waals surface area contributed by atoms with Crippen LogP contribution in [-0.2, 0) is 6.42 Å². The standard InChI is InChI=1S/C30H29N3O4S/c34-30(37-26-9-7-23(8-10-26)17-22-38-29-6-2-4-19-32-29)33-20-15-27(16-21-33)35-24-11-13-25(14-12-24)36-28-5-1-3-18-31-28/h1-14,18-19,27H,15-17,20-22H2. The molecular formula is C30H29N3O4S. The van der Waals surface area contributed by atoms with Crippen molar-refractivity contribution in [2.75, 3.05) is 18.8 Å². The fourth-order valence-corrected chi connectivity index (χ4v) is 4.92. The maximum Gasteiger partial charge on any atom is 0.415 e. The van der Waals surface area contributed by atoms with Gasteiger partial charge in [-0.2, -0.15) is 0 Å². The van der Waals surface area contributed by atoms with Gasteiger partial charge in [0, 0.05) is 50.1 Å². The van der Waals surface area contributed by atoms with Crippen LogP contribution in [0.1, 0.15) is 18.4 Å². The maximum atomic E-state index is 12.7. The Balaban J connectivity index is 1.02. The van der Waals surface area contributed by atoms with Crippen LogP contribution in [-0.4, -0.2) is 45.9 Å². The van der Waals surface area contributed by atoms with Crippen molar-refractivity contribution in [3.63, 3.8) is 0 Å². The molecule has 3 heterocycles. The first-order chi connectivity index (χ1) is 18.7. The highest BCUT2D eigenvalue weighted by atomic mass is 32.2. The van der Waals surface area contributed by atoms with E-state index >= 15 is 0 Å². The first-order valence-electron chi connectivity index (χ1n) is 12.7. The molecule has 194 valence electrons. The second-order valence-electron chi connectivity index (χ2n) is 8.82. The highest BCUT2D eigenvalue weighted by Crippen LogP contribution is 2.25. The Morgan fingerprint density at radius 1 is 0.816 bits per heavy atom. The molecule has 38 heavy (non-hydrogen) atoms. The lowest BCUT2D eigenvalue weighted by atomic mass is 10.1. The van der Waals surface area contributed by atoms with E-state index in [-0.39, 0.29) is 12.2 Å². The Kier molecular flexibility index (Phi) is 8.73. The van der Waals surface area contributed by atoms with Crippen LogP contribution < -0.4 is 14.2 Å². The van der Waals surface area contributed by atoms with E-state index in [0.29, 0.717) is 30.5 Å². The van der Waals surface area contributed by atoms with Crippen LogP contribution in [0.5, 0.6) is 23.1 Å². The van der Waals surface area contributed by atoms with Crippen molar-refractivity contribution < 1.29 is 19.0 Å². The fraction of sp³-hybridized carbons (Fsp3) is 0.233. The summed E-state index contributed by atoms with van der Waals surface area (Å²) in [7, 11) is 0. The molecule has 0 N–H and O–H groups in total. The number of piperidine rings is 1. The van der Waals surface area contributed by atoms with Gasteiger partial charge in [-0.3, -0.25) is 0 Å². The number of aromatic nitrogens is 2. The minimum Gasteiger partial charge on any atom is -0.490 e. The third-order valence-corrected chi connectivity index (χ3v) is 7.04. The summed E-state index contributed by atoms with van der Waals surface area (Å²) in [6.45, 7) is 1.18. The van der Waals surface area contributed by atoms with Crippen LogP contribution in [0.15, 0.2) is 102 Å². The minimum atomic E-state index is -0.321. The number of carbonyl (C=O) groups is 1. The van der Waals surface area contributed by atoms with Gasteiger partial charge in [0.05, 0.1) is 5.03 Å². The molecule has 0 atom stereocenters. The Bertz CT molecular complexity index is 1280. The Hall–Kier alpha value is -4.04. The average Bonchev–Trinajstić information content (AvgIpc) is 2.96. The highest BCUT2D eigenvalue weighted by Gasteiger charge is 2.25. The van der Waals surface area contributed by atoms with E-state index in [1.807, 2.05) is 84.9 Å². The van der Waals surface area contributed by atoms with Crippen molar-refractivity contribution >= 4 is 17.9 Å². The molecule has 1 saturated heterocycles. The molecular weight excluding hydrogens is 498 g/mol. The predicted molar refractivity (Wildman–Crippen MR) is 147 cm³/mol. The van der Waals surface area contributed by atoms with Crippen molar-refractivity contribution in [1.82, 2.24) is 14.9 Å². The van der Waals surface area contributed by atoms with Crippen molar-refractivity contribution in [3.05, 3.63) is 103 Å². The molecule has 8 heteroatoms. The lowest BCUT2D eigenvalue weighted by Gasteiger charge is -2.31. The van der Waals surface area contributed by atoms with Crippen molar-refractivity contribution in [2.45, 2.75) is 30.4 Å². The van der Waals surface area contributed by atoms with E-state index in [1.165, 1.54) is 5.56 Å². The van der Waals surface area contributed by atoms with Gasteiger partial charge in [-0.05, 0) is 66.6 Å². The van der Waals surface area contributed by atoms with Gasteiger partial charge in [-0.15, -0.1) is 11.8 Å². The van der Waals surface area contributed by atoms with Crippen LogP contribution in [0.4, 0.5) is 4.79 Å². The molecule has 4 aromatic rings. The zero-order valence-corrected chi connectivity index (χ0v) is 21.8. The van der Waals surface area contributed by atoms with Crippen LogP contribution in [0.25, 0.3) is 0 Å². The smallest absolute Gasteiger partial charge is 0.415 e. The number of hydrogen-bond donors (Lipinski definition) is 0. The molecule has 0 saturated carbocycles. The molecule has 2 aromatic carbocycles. The van der Waals surface area contributed by atoms with Gasteiger partial charge in [-0.1, -0.05) is 24.3 Å². The molecule has 5 rings (SSSR count). The maximum absolute atomic E-state index is 12.7. The molecule has 1 aliphatic heterocycles. The monoisotopic (exact) mass is 527 g/mol. The molecule has 1 fully saturated rings. The van der Waals surface area contributed by atoms with Gasteiger partial charge in [0.25, 0.3) is 0 Å². The predicted octanol–water partition coefficient (Wildman–Crippen LogP) is 6.65. The lowest BCUT2D eigenvalue weighted by molar-refractivity contribution is 0.0930. The number of ether oxygens (including phenoxy) is 3. The minimum absolute atomic E-state index is 0.0462. The third-order valence-electron chi connectivity index (χ3n) is 6.09. The number of thioether (sulfide) groups is 1. The Labute approximate surface area is 226 Å². The summed E-state index contributed by atoms with van der Waals surface area (Å²) in [6, 6.07) is 26.7. The number of hydrogen-bond acceptors (Lipinski definition) is 7. The molecule has 1 amide bonds. The van der Waals surface area contributed by atoms with E-state index in [0.717, 1.165) is 35.8 Å². The van der Waals surface area contributed by atoms with Gasteiger partial charge in [-0.25, -0.2) is 14.8 Å². The van der Waals surface area contributed by atoms with E-state index in [1.54, 1.807) is 29.1 Å². The van der Waals surface area contributed by atoms with Crippen LogP contribution in [0, 0.1) is 0 Å². The number of benzene rings is 2. The quantitative estimate of drug-likeness (QED) is 0.226. The van der Waals surface area contributed by atoms with Crippen LogP contribution >= 0.6 is 11.8 Å². The molecule has 1 aliphatic rings. The number of amides is 1. The summed E-state index contributed by atoms with van der Waals surface area (Å²) >= 11 is 1.73. The zero-order valence-electron chi connectivity index (χ0n) is 20.9. The summed E-state index contributed by atoms with van der Waals surface area (Å²) in [5.74, 6) is 3.52. The topological polar surface area (TPSA) is 73.8 Å². The number of carbonyl (C=O) groups excluding carboxylic acids is 1. The number of rotatable bonds is 9. The lowest BCUT2D eigenvalue weighted by Crippen LogP contribution is -2.43. The summed E-state index contributed by atoms with van der Waals surface area (Å²) in [4.78, 5) is 22.9. The van der Waals surface area contributed by atoms with Crippen LogP contribution in [0.2, 0.25) is 0 Å². The molecule has 7 nitrogen and oxygen atoms in total. The summed E-state index contributed by atoms with van der Waals surface area (Å²) < 4.78 is 17.5. The second-order valence-corrected chi connectivity index (χ2v) is 9.94. The van der Waals surface area contributed by atoms with E-state index < -0.39 is 0 Å². The summed E-state index contributed by atoms with van der Waals surface area (Å²) in [5.41, 5.74) is 1.20. The van der Waals surface area contributed by atoms with Gasteiger partial charge in [0.1, 0.15) is 23.4 Å². The number of aryl methyl sites for hydroxylation is 1. The van der Waals surface area contributed by atoms with Crippen LogP contribution in [0.3, 0.4) is 0 Å². The first-order valence-corrected chi connectivity index (χ1v) is 13.6. The number of nitrogens with zero attached hydrogens (tertiary/aromatic N) is 3. The largest absolute Gasteiger partial charge is 0.490 e. The third kappa shape index (κ3) is 7.49. The van der Waals surface area contributed by atoms with Gasteiger partial charge in [0.2, 0.25) is 5.88 Å². The first kappa shape index (κ1) is 25.6.